The third kappa shape index (κ3) is 3.82. The molecule has 0 spiro atoms. The largest absolute Gasteiger partial charge is 0.395 e. The number of carbonyl (C=O) groups is 1. The highest BCUT2D eigenvalue weighted by atomic mass is 19.1. The zero-order valence-electron chi connectivity index (χ0n) is 16.0. The molecule has 0 bridgehead atoms. The SMILES string of the molecule is O=C([C@H]1C[C@@H](c2ccccc2)N2CCC[C@H]12)N(CCO)Cc1ccc(F)cc1. The number of aliphatic hydroxyl groups excluding tert-OH is 1. The minimum atomic E-state index is -0.285. The first-order valence-corrected chi connectivity index (χ1v) is 10.1. The Bertz CT molecular complexity index is 796. The van der Waals surface area contributed by atoms with E-state index in [0.717, 1.165) is 31.4 Å². The molecule has 1 amide bonds. The number of halogens is 1. The van der Waals surface area contributed by atoms with E-state index in [2.05, 4.69) is 29.2 Å². The normalized spacial score (nSPS) is 24.3. The number of carbonyl (C=O) groups excluding carboxylic acids is 1. The number of benzene rings is 2. The molecule has 3 atom stereocenters. The van der Waals surface area contributed by atoms with Gasteiger partial charge in [-0.05, 0) is 49.1 Å². The van der Waals surface area contributed by atoms with Crippen molar-refractivity contribution in [1.82, 2.24) is 9.80 Å². The number of rotatable bonds is 6. The summed E-state index contributed by atoms with van der Waals surface area (Å²) in [5.41, 5.74) is 2.15. The molecule has 2 aromatic carbocycles. The van der Waals surface area contributed by atoms with E-state index in [1.54, 1.807) is 17.0 Å². The summed E-state index contributed by atoms with van der Waals surface area (Å²) in [6.45, 7) is 1.66. The number of aliphatic hydroxyl groups is 1. The average Bonchev–Trinajstić information content (AvgIpc) is 3.32. The molecule has 2 aromatic rings. The molecule has 0 saturated carbocycles. The van der Waals surface area contributed by atoms with Crippen LogP contribution < -0.4 is 0 Å². The summed E-state index contributed by atoms with van der Waals surface area (Å²) in [7, 11) is 0. The van der Waals surface area contributed by atoms with E-state index in [4.69, 9.17) is 0 Å². The van der Waals surface area contributed by atoms with Gasteiger partial charge in [-0.15, -0.1) is 0 Å². The van der Waals surface area contributed by atoms with Gasteiger partial charge in [0.25, 0.3) is 0 Å². The van der Waals surface area contributed by atoms with Crippen LogP contribution in [0.3, 0.4) is 0 Å². The van der Waals surface area contributed by atoms with E-state index in [0.29, 0.717) is 13.1 Å². The molecule has 1 N–H and O–H groups in total. The molecule has 0 radical (unpaired) electrons. The van der Waals surface area contributed by atoms with Gasteiger partial charge in [0, 0.05) is 25.2 Å². The first-order valence-electron chi connectivity index (χ1n) is 10.1. The summed E-state index contributed by atoms with van der Waals surface area (Å²) >= 11 is 0. The van der Waals surface area contributed by atoms with Crippen molar-refractivity contribution in [2.75, 3.05) is 19.7 Å². The maximum absolute atomic E-state index is 13.4. The van der Waals surface area contributed by atoms with E-state index in [1.165, 1.54) is 17.7 Å². The van der Waals surface area contributed by atoms with Gasteiger partial charge >= 0.3 is 0 Å². The van der Waals surface area contributed by atoms with Crippen LogP contribution in [-0.4, -0.2) is 46.6 Å². The summed E-state index contributed by atoms with van der Waals surface area (Å²) in [5.74, 6) is -0.236. The van der Waals surface area contributed by atoms with Gasteiger partial charge in [0.1, 0.15) is 5.82 Å². The Morgan fingerprint density at radius 3 is 2.61 bits per heavy atom. The van der Waals surface area contributed by atoms with Crippen molar-refractivity contribution < 1.29 is 14.3 Å². The lowest BCUT2D eigenvalue weighted by Gasteiger charge is -2.28. The Morgan fingerprint density at radius 1 is 1.14 bits per heavy atom. The Balaban J connectivity index is 1.53. The lowest BCUT2D eigenvalue weighted by Crippen LogP contribution is -2.41. The lowest BCUT2D eigenvalue weighted by molar-refractivity contribution is -0.137. The second kappa shape index (κ2) is 8.41. The van der Waals surface area contributed by atoms with Crippen molar-refractivity contribution in [3.05, 3.63) is 71.5 Å². The zero-order valence-corrected chi connectivity index (χ0v) is 16.0. The van der Waals surface area contributed by atoms with Gasteiger partial charge in [-0.25, -0.2) is 4.39 Å². The molecule has 2 fully saturated rings. The van der Waals surface area contributed by atoms with Gasteiger partial charge in [-0.3, -0.25) is 9.69 Å². The van der Waals surface area contributed by atoms with E-state index in [-0.39, 0.29) is 36.3 Å². The van der Waals surface area contributed by atoms with Crippen LogP contribution in [0.4, 0.5) is 4.39 Å². The molecule has 2 heterocycles. The van der Waals surface area contributed by atoms with Crippen LogP contribution in [0.25, 0.3) is 0 Å². The molecule has 4 rings (SSSR count). The summed E-state index contributed by atoms with van der Waals surface area (Å²) in [5, 5.41) is 9.50. The van der Waals surface area contributed by atoms with Crippen LogP contribution in [0, 0.1) is 11.7 Å². The molecule has 148 valence electrons. The molecule has 4 nitrogen and oxygen atoms in total. The second-order valence-electron chi connectivity index (χ2n) is 7.83. The van der Waals surface area contributed by atoms with Crippen molar-refractivity contribution >= 4 is 5.91 Å². The van der Waals surface area contributed by atoms with Crippen LogP contribution in [0.1, 0.15) is 36.4 Å². The van der Waals surface area contributed by atoms with Gasteiger partial charge in [0.05, 0.1) is 12.5 Å². The van der Waals surface area contributed by atoms with Crippen LogP contribution in [0.2, 0.25) is 0 Å². The van der Waals surface area contributed by atoms with E-state index in [9.17, 15) is 14.3 Å². The molecule has 2 aliphatic heterocycles. The van der Waals surface area contributed by atoms with Crippen molar-refractivity contribution in [3.63, 3.8) is 0 Å². The van der Waals surface area contributed by atoms with Crippen molar-refractivity contribution in [3.8, 4) is 0 Å². The zero-order chi connectivity index (χ0) is 19.5. The van der Waals surface area contributed by atoms with Gasteiger partial charge < -0.3 is 10.0 Å². The molecule has 0 unspecified atom stereocenters. The molecular formula is C23H27FN2O2. The molecule has 0 aliphatic carbocycles. The predicted octanol–water partition coefficient (Wildman–Crippen LogP) is 3.37. The van der Waals surface area contributed by atoms with Crippen LogP contribution in [0.5, 0.6) is 0 Å². The number of hydrogen-bond donors (Lipinski definition) is 1. The maximum atomic E-state index is 13.4. The van der Waals surface area contributed by atoms with Crippen molar-refractivity contribution in [2.45, 2.75) is 37.9 Å². The van der Waals surface area contributed by atoms with Crippen molar-refractivity contribution in [1.29, 1.82) is 0 Å². The highest BCUT2D eigenvalue weighted by Crippen LogP contribution is 2.45. The topological polar surface area (TPSA) is 43.8 Å². The highest BCUT2D eigenvalue weighted by molar-refractivity contribution is 5.80. The number of hydrogen-bond acceptors (Lipinski definition) is 3. The van der Waals surface area contributed by atoms with E-state index in [1.807, 2.05) is 6.07 Å². The van der Waals surface area contributed by atoms with Crippen LogP contribution in [-0.2, 0) is 11.3 Å². The average molecular weight is 382 g/mol. The summed E-state index contributed by atoms with van der Waals surface area (Å²) < 4.78 is 13.2. The highest BCUT2D eigenvalue weighted by Gasteiger charge is 2.48. The maximum Gasteiger partial charge on any atom is 0.227 e. The van der Waals surface area contributed by atoms with Crippen LogP contribution >= 0.6 is 0 Å². The lowest BCUT2D eigenvalue weighted by atomic mass is 9.93. The number of nitrogens with zero attached hydrogens (tertiary/aromatic N) is 2. The Labute approximate surface area is 165 Å². The third-order valence-electron chi connectivity index (χ3n) is 6.15. The van der Waals surface area contributed by atoms with E-state index >= 15 is 0 Å². The third-order valence-corrected chi connectivity index (χ3v) is 6.15. The molecule has 5 heteroatoms. The van der Waals surface area contributed by atoms with Gasteiger partial charge in [-0.2, -0.15) is 0 Å². The standard InChI is InChI=1S/C23H27FN2O2/c24-19-10-8-17(9-11-19)16-25(13-14-27)23(28)20-15-22(18-5-2-1-3-6-18)26-12-4-7-21(20)26/h1-3,5-6,8-11,20-22,27H,4,7,12-16H2/t20-,21+,22-/m0/s1. The fourth-order valence-corrected chi connectivity index (χ4v) is 4.87. The number of fused-ring (bicyclic) bond motifs is 1. The van der Waals surface area contributed by atoms with Gasteiger partial charge in [0.15, 0.2) is 0 Å². The Morgan fingerprint density at radius 2 is 1.89 bits per heavy atom. The molecule has 2 aliphatic rings. The molecular weight excluding hydrogens is 355 g/mol. The molecule has 28 heavy (non-hydrogen) atoms. The Kier molecular flexibility index (Phi) is 5.74. The summed E-state index contributed by atoms with van der Waals surface area (Å²) in [6, 6.07) is 17.2. The minimum absolute atomic E-state index is 0.0558. The monoisotopic (exact) mass is 382 g/mol. The first-order chi connectivity index (χ1) is 13.7. The van der Waals surface area contributed by atoms with Crippen LogP contribution in [0.15, 0.2) is 54.6 Å². The smallest absolute Gasteiger partial charge is 0.227 e. The minimum Gasteiger partial charge on any atom is -0.395 e. The fraction of sp³-hybridized carbons (Fsp3) is 0.435. The first kappa shape index (κ1) is 19.1. The predicted molar refractivity (Wildman–Crippen MR) is 106 cm³/mol. The quantitative estimate of drug-likeness (QED) is 0.833. The summed E-state index contributed by atoms with van der Waals surface area (Å²) in [4.78, 5) is 17.7. The fourth-order valence-electron chi connectivity index (χ4n) is 4.87. The second-order valence-corrected chi connectivity index (χ2v) is 7.83. The van der Waals surface area contributed by atoms with Gasteiger partial charge in [0.2, 0.25) is 5.91 Å². The molecule has 2 saturated heterocycles. The molecule has 0 aromatic heterocycles. The summed E-state index contributed by atoms with van der Waals surface area (Å²) in [6.07, 6.45) is 2.98. The van der Waals surface area contributed by atoms with Crippen molar-refractivity contribution in [2.24, 2.45) is 5.92 Å². The van der Waals surface area contributed by atoms with E-state index < -0.39 is 0 Å². The number of amides is 1. The van der Waals surface area contributed by atoms with Gasteiger partial charge in [-0.1, -0.05) is 42.5 Å². The Hall–Kier alpha value is -2.24.